The Morgan fingerprint density at radius 1 is 1.40 bits per heavy atom. The van der Waals surface area contributed by atoms with E-state index >= 15 is 0 Å². The van der Waals surface area contributed by atoms with Crippen molar-refractivity contribution >= 4 is 5.52 Å². The van der Waals surface area contributed by atoms with Crippen molar-refractivity contribution in [2.75, 3.05) is 0 Å². The number of nitrogens with one attached hydrogen (secondary N) is 1. The molecule has 3 nitrogen and oxygen atoms in total. The van der Waals surface area contributed by atoms with Crippen LogP contribution in [0.1, 0.15) is 24.8 Å². The molecule has 1 saturated carbocycles. The second-order valence-corrected chi connectivity index (χ2v) is 4.21. The Morgan fingerprint density at radius 3 is 3.13 bits per heavy atom. The van der Waals surface area contributed by atoms with Crippen molar-refractivity contribution in [3.8, 4) is 0 Å². The summed E-state index contributed by atoms with van der Waals surface area (Å²) in [6.07, 6.45) is 7.99. The molecule has 0 saturated heterocycles. The quantitative estimate of drug-likeness (QED) is 0.822. The molecular weight excluding hydrogens is 186 g/mol. The number of rotatable bonds is 3. The van der Waals surface area contributed by atoms with Gasteiger partial charge in [0.15, 0.2) is 0 Å². The molecule has 0 spiro atoms. The van der Waals surface area contributed by atoms with Gasteiger partial charge in [-0.05, 0) is 25.0 Å². The van der Waals surface area contributed by atoms with E-state index in [9.17, 15) is 0 Å². The maximum atomic E-state index is 4.32. The van der Waals surface area contributed by atoms with Gasteiger partial charge in [0.2, 0.25) is 0 Å². The molecule has 1 fully saturated rings. The molecule has 0 amide bonds. The topological polar surface area (TPSA) is 29.3 Å². The van der Waals surface area contributed by atoms with E-state index in [1.807, 2.05) is 23.0 Å². The lowest BCUT2D eigenvalue weighted by Gasteiger charge is -2.26. The summed E-state index contributed by atoms with van der Waals surface area (Å²) in [5.41, 5.74) is 2.51. The zero-order valence-corrected chi connectivity index (χ0v) is 8.69. The van der Waals surface area contributed by atoms with E-state index < -0.39 is 0 Å². The van der Waals surface area contributed by atoms with Gasteiger partial charge in [0.05, 0.1) is 11.7 Å². The predicted octanol–water partition coefficient (Wildman–Crippen LogP) is 1.98. The van der Waals surface area contributed by atoms with Crippen LogP contribution < -0.4 is 5.32 Å². The minimum Gasteiger partial charge on any atom is -0.310 e. The summed E-state index contributed by atoms with van der Waals surface area (Å²) < 4.78 is 1.93. The van der Waals surface area contributed by atoms with E-state index in [4.69, 9.17) is 0 Å². The Morgan fingerprint density at radius 2 is 2.33 bits per heavy atom. The fourth-order valence-corrected chi connectivity index (χ4v) is 1.99. The predicted molar refractivity (Wildman–Crippen MR) is 59.7 cm³/mol. The van der Waals surface area contributed by atoms with Gasteiger partial charge in [-0.2, -0.15) is 5.10 Å². The van der Waals surface area contributed by atoms with E-state index in [0.717, 1.165) is 12.6 Å². The highest BCUT2D eigenvalue weighted by molar-refractivity contribution is 5.53. The Hall–Kier alpha value is -1.35. The highest BCUT2D eigenvalue weighted by Crippen LogP contribution is 2.19. The van der Waals surface area contributed by atoms with Gasteiger partial charge in [-0.3, -0.25) is 0 Å². The summed E-state index contributed by atoms with van der Waals surface area (Å²) in [5, 5.41) is 7.88. The standard InChI is InChI=1S/C12H15N3/c1-2-7-15-12(6-1)10(9-14-15)8-13-11-4-3-5-11/h1-2,6-7,9,11,13H,3-5,8H2. The maximum absolute atomic E-state index is 4.32. The van der Waals surface area contributed by atoms with E-state index in [2.05, 4.69) is 22.5 Å². The molecule has 2 heterocycles. The van der Waals surface area contributed by atoms with Crippen molar-refractivity contribution < 1.29 is 0 Å². The first-order chi connectivity index (χ1) is 7.43. The first-order valence-corrected chi connectivity index (χ1v) is 5.58. The van der Waals surface area contributed by atoms with Gasteiger partial charge in [-0.1, -0.05) is 12.5 Å². The normalized spacial score (nSPS) is 16.8. The van der Waals surface area contributed by atoms with Crippen molar-refractivity contribution in [3.63, 3.8) is 0 Å². The van der Waals surface area contributed by atoms with Crippen LogP contribution in [0.4, 0.5) is 0 Å². The summed E-state index contributed by atoms with van der Waals surface area (Å²) in [4.78, 5) is 0. The average Bonchev–Trinajstić information content (AvgIpc) is 2.60. The summed E-state index contributed by atoms with van der Waals surface area (Å²) in [6, 6.07) is 6.92. The number of fused-ring (bicyclic) bond motifs is 1. The van der Waals surface area contributed by atoms with Crippen molar-refractivity contribution in [2.24, 2.45) is 0 Å². The van der Waals surface area contributed by atoms with Crippen LogP contribution >= 0.6 is 0 Å². The van der Waals surface area contributed by atoms with Crippen molar-refractivity contribution in [3.05, 3.63) is 36.2 Å². The lowest BCUT2D eigenvalue weighted by molar-refractivity contribution is 0.338. The minimum absolute atomic E-state index is 0.740. The molecule has 0 aliphatic heterocycles. The average molecular weight is 201 g/mol. The highest BCUT2D eigenvalue weighted by atomic mass is 15.2. The summed E-state index contributed by atoms with van der Waals surface area (Å²) in [6.45, 7) is 0.943. The van der Waals surface area contributed by atoms with Crippen LogP contribution in [-0.2, 0) is 6.54 Å². The van der Waals surface area contributed by atoms with Gasteiger partial charge in [0, 0.05) is 24.3 Å². The van der Waals surface area contributed by atoms with Crippen LogP contribution in [0.25, 0.3) is 5.52 Å². The fourth-order valence-electron chi connectivity index (χ4n) is 1.99. The molecule has 15 heavy (non-hydrogen) atoms. The summed E-state index contributed by atoms with van der Waals surface area (Å²) in [7, 11) is 0. The third kappa shape index (κ3) is 1.63. The molecule has 3 heteroatoms. The van der Waals surface area contributed by atoms with Gasteiger partial charge in [-0.25, -0.2) is 4.52 Å². The first-order valence-electron chi connectivity index (χ1n) is 5.58. The van der Waals surface area contributed by atoms with Crippen molar-refractivity contribution in [2.45, 2.75) is 31.8 Å². The van der Waals surface area contributed by atoms with Crippen molar-refractivity contribution in [1.29, 1.82) is 0 Å². The van der Waals surface area contributed by atoms with Crippen LogP contribution in [0.15, 0.2) is 30.6 Å². The summed E-state index contributed by atoms with van der Waals surface area (Å²) >= 11 is 0. The molecule has 0 bridgehead atoms. The number of hydrogen-bond donors (Lipinski definition) is 1. The molecule has 78 valence electrons. The van der Waals surface area contributed by atoms with Crippen LogP contribution in [-0.4, -0.2) is 15.7 Å². The Labute approximate surface area is 89.1 Å². The number of hydrogen-bond acceptors (Lipinski definition) is 2. The number of pyridine rings is 1. The van der Waals surface area contributed by atoms with Crippen LogP contribution in [0, 0.1) is 0 Å². The lowest BCUT2D eigenvalue weighted by Crippen LogP contribution is -2.34. The summed E-state index contributed by atoms with van der Waals surface area (Å²) in [5.74, 6) is 0. The molecule has 0 aromatic carbocycles. The van der Waals surface area contributed by atoms with Crippen LogP contribution in [0.5, 0.6) is 0 Å². The van der Waals surface area contributed by atoms with Gasteiger partial charge in [0.25, 0.3) is 0 Å². The zero-order valence-electron chi connectivity index (χ0n) is 8.69. The largest absolute Gasteiger partial charge is 0.310 e. The number of aromatic nitrogens is 2. The van der Waals surface area contributed by atoms with E-state index in [0.29, 0.717) is 0 Å². The Balaban J connectivity index is 1.78. The van der Waals surface area contributed by atoms with Crippen LogP contribution in [0.2, 0.25) is 0 Å². The molecule has 0 unspecified atom stereocenters. The van der Waals surface area contributed by atoms with E-state index in [-0.39, 0.29) is 0 Å². The minimum atomic E-state index is 0.740. The van der Waals surface area contributed by atoms with Gasteiger partial charge in [-0.15, -0.1) is 0 Å². The molecule has 0 radical (unpaired) electrons. The Bertz CT molecular complexity index is 457. The number of nitrogens with zero attached hydrogens (tertiary/aromatic N) is 2. The lowest BCUT2D eigenvalue weighted by atomic mass is 9.93. The SMILES string of the molecule is c1ccn2ncc(CNC3CCC3)c2c1. The van der Waals surface area contributed by atoms with E-state index in [1.54, 1.807) is 0 Å². The fraction of sp³-hybridized carbons (Fsp3) is 0.417. The van der Waals surface area contributed by atoms with Gasteiger partial charge < -0.3 is 5.32 Å². The third-order valence-electron chi connectivity index (χ3n) is 3.19. The van der Waals surface area contributed by atoms with Crippen LogP contribution in [0.3, 0.4) is 0 Å². The molecule has 1 aliphatic carbocycles. The molecule has 0 atom stereocenters. The molecule has 3 rings (SSSR count). The molecular formula is C12H15N3. The van der Waals surface area contributed by atoms with Crippen molar-refractivity contribution in [1.82, 2.24) is 14.9 Å². The molecule has 2 aromatic heterocycles. The van der Waals surface area contributed by atoms with Gasteiger partial charge in [0.1, 0.15) is 0 Å². The second-order valence-electron chi connectivity index (χ2n) is 4.21. The smallest absolute Gasteiger partial charge is 0.0706 e. The monoisotopic (exact) mass is 201 g/mol. The molecule has 1 aliphatic rings. The molecule has 2 aromatic rings. The van der Waals surface area contributed by atoms with Gasteiger partial charge >= 0.3 is 0 Å². The maximum Gasteiger partial charge on any atom is 0.0706 e. The second kappa shape index (κ2) is 3.66. The zero-order chi connectivity index (χ0) is 10.1. The van der Waals surface area contributed by atoms with E-state index in [1.165, 1.54) is 30.3 Å². The first kappa shape index (κ1) is 8.92. The third-order valence-corrected chi connectivity index (χ3v) is 3.19. The highest BCUT2D eigenvalue weighted by Gasteiger charge is 2.16. The Kier molecular flexibility index (Phi) is 2.18. The molecule has 1 N–H and O–H groups in total.